The Morgan fingerprint density at radius 3 is 0.756 bits per heavy atom. The zero-order valence-electron chi connectivity index (χ0n) is 57.3. The molecule has 0 aliphatic rings. The van der Waals surface area contributed by atoms with Gasteiger partial charge in [0.15, 0.2) is 6.10 Å². The van der Waals surface area contributed by atoms with Crippen LogP contribution in [0.1, 0.15) is 386 Å². The molecule has 1 N–H and O–H groups in total. The van der Waals surface area contributed by atoms with Crippen LogP contribution < -0.4 is 0 Å². The molecule has 0 rings (SSSR count). The Labute approximate surface area is 536 Å². The van der Waals surface area contributed by atoms with Crippen molar-refractivity contribution in [2.45, 2.75) is 392 Å². The van der Waals surface area contributed by atoms with E-state index in [1.165, 1.54) is 263 Å². The van der Waals surface area contributed by atoms with E-state index in [4.69, 9.17) is 9.47 Å². The molecule has 0 fully saturated rings. The van der Waals surface area contributed by atoms with Crippen LogP contribution in [0.2, 0.25) is 0 Å². The first-order valence-corrected chi connectivity index (χ1v) is 37.8. The Kier molecular flexibility index (Phi) is 73.3. The molecule has 0 aliphatic heterocycles. The SMILES string of the molecule is CC/C=C\C/C=C\C/C=C\C/C=C\C/C=C\C/C=C\C/C=C\C/C=C\CCCCCCCCCCC(=O)OC(CO)COC(=O)CCCCCCCCCCCCCCCCCCCCCCCCCCCCCCCCCCCCCCCCC. The summed E-state index contributed by atoms with van der Waals surface area (Å²) in [6, 6.07) is 0. The monoisotopic (exact) mass is 1200 g/mol. The molecule has 0 radical (unpaired) electrons. The molecule has 0 amide bonds. The highest BCUT2D eigenvalue weighted by Gasteiger charge is 2.16. The molecule has 86 heavy (non-hydrogen) atoms. The molecule has 0 saturated carbocycles. The summed E-state index contributed by atoms with van der Waals surface area (Å²) >= 11 is 0. The molecule has 0 saturated heterocycles. The van der Waals surface area contributed by atoms with Crippen molar-refractivity contribution in [1.29, 1.82) is 0 Å². The summed E-state index contributed by atoms with van der Waals surface area (Å²) in [6.07, 6.45) is 109. The number of unbranched alkanes of at least 4 members (excludes halogenated alkanes) is 46. The average Bonchev–Trinajstić information content (AvgIpc) is 3.55. The van der Waals surface area contributed by atoms with E-state index >= 15 is 0 Å². The third-order valence-electron chi connectivity index (χ3n) is 16.9. The molecule has 0 aromatic rings. The van der Waals surface area contributed by atoms with Gasteiger partial charge in [-0.2, -0.15) is 0 Å². The van der Waals surface area contributed by atoms with Crippen molar-refractivity contribution in [2.75, 3.05) is 13.2 Å². The van der Waals surface area contributed by atoms with Crippen molar-refractivity contribution in [2.24, 2.45) is 0 Å². The summed E-state index contributed by atoms with van der Waals surface area (Å²) in [7, 11) is 0. The van der Waals surface area contributed by atoms with Crippen LogP contribution in [0.25, 0.3) is 0 Å². The van der Waals surface area contributed by atoms with Crippen LogP contribution in [0.3, 0.4) is 0 Å². The van der Waals surface area contributed by atoms with Gasteiger partial charge in [-0.05, 0) is 77.0 Å². The van der Waals surface area contributed by atoms with E-state index in [1.54, 1.807) is 0 Å². The molecule has 0 bridgehead atoms. The largest absolute Gasteiger partial charge is 0.462 e. The second kappa shape index (κ2) is 76.1. The minimum absolute atomic E-state index is 0.0701. The first-order chi connectivity index (χ1) is 42.6. The smallest absolute Gasteiger partial charge is 0.306 e. The minimum atomic E-state index is -0.783. The summed E-state index contributed by atoms with van der Waals surface area (Å²) < 4.78 is 10.8. The number of aliphatic hydroxyl groups is 1. The third-order valence-corrected chi connectivity index (χ3v) is 16.9. The molecular weight excluding hydrogens is 1050 g/mol. The molecule has 0 heterocycles. The number of aliphatic hydroxyl groups excluding tert-OH is 1. The number of rotatable bonds is 70. The highest BCUT2D eigenvalue weighted by atomic mass is 16.6. The first-order valence-electron chi connectivity index (χ1n) is 37.8. The van der Waals surface area contributed by atoms with E-state index in [2.05, 4.69) is 111 Å². The lowest BCUT2D eigenvalue weighted by Gasteiger charge is -2.15. The summed E-state index contributed by atoms with van der Waals surface area (Å²) in [6.45, 7) is 4.07. The lowest BCUT2D eigenvalue weighted by molar-refractivity contribution is -0.161. The quantitative estimate of drug-likeness (QED) is 0.0373. The van der Waals surface area contributed by atoms with Gasteiger partial charge in [0.2, 0.25) is 0 Å². The van der Waals surface area contributed by atoms with Crippen LogP contribution in [-0.2, 0) is 19.1 Å². The van der Waals surface area contributed by atoms with Gasteiger partial charge in [0, 0.05) is 12.8 Å². The van der Waals surface area contributed by atoms with E-state index < -0.39 is 6.10 Å². The van der Waals surface area contributed by atoms with Gasteiger partial charge in [-0.3, -0.25) is 9.59 Å². The van der Waals surface area contributed by atoms with Gasteiger partial charge in [0.05, 0.1) is 6.61 Å². The van der Waals surface area contributed by atoms with E-state index in [1.807, 2.05) is 0 Å². The molecule has 0 aromatic carbocycles. The maximum atomic E-state index is 12.4. The lowest BCUT2D eigenvalue weighted by Crippen LogP contribution is -2.28. The molecule has 1 atom stereocenters. The van der Waals surface area contributed by atoms with Crippen molar-refractivity contribution in [1.82, 2.24) is 0 Å². The number of carbonyl (C=O) groups is 2. The van der Waals surface area contributed by atoms with Crippen LogP contribution in [0, 0.1) is 0 Å². The Hall–Kier alpha value is -3.18. The summed E-state index contributed by atoms with van der Waals surface area (Å²) in [5.41, 5.74) is 0. The van der Waals surface area contributed by atoms with E-state index in [0.29, 0.717) is 12.8 Å². The first kappa shape index (κ1) is 82.8. The Bertz CT molecular complexity index is 1600. The summed E-state index contributed by atoms with van der Waals surface area (Å²) in [5.74, 6) is -0.588. The topological polar surface area (TPSA) is 72.8 Å². The van der Waals surface area contributed by atoms with Crippen molar-refractivity contribution in [3.05, 3.63) is 97.2 Å². The van der Waals surface area contributed by atoms with Crippen molar-refractivity contribution in [3.8, 4) is 0 Å². The highest BCUT2D eigenvalue weighted by molar-refractivity contribution is 5.70. The zero-order chi connectivity index (χ0) is 61.9. The molecule has 5 heteroatoms. The van der Waals surface area contributed by atoms with Crippen molar-refractivity contribution < 1.29 is 24.2 Å². The van der Waals surface area contributed by atoms with Crippen LogP contribution in [0.4, 0.5) is 0 Å². The van der Waals surface area contributed by atoms with Crippen LogP contribution in [0.15, 0.2) is 97.2 Å². The molecule has 0 aliphatic carbocycles. The van der Waals surface area contributed by atoms with E-state index in [-0.39, 0.29) is 25.2 Å². The zero-order valence-corrected chi connectivity index (χ0v) is 57.3. The van der Waals surface area contributed by atoms with Gasteiger partial charge in [-0.25, -0.2) is 0 Å². The van der Waals surface area contributed by atoms with Crippen LogP contribution in [-0.4, -0.2) is 36.4 Å². The molecule has 0 aromatic heterocycles. The Morgan fingerprint density at radius 2 is 0.500 bits per heavy atom. The minimum Gasteiger partial charge on any atom is -0.462 e. The molecule has 498 valence electrons. The van der Waals surface area contributed by atoms with Gasteiger partial charge in [0.1, 0.15) is 6.61 Å². The van der Waals surface area contributed by atoms with Crippen LogP contribution in [0.5, 0.6) is 0 Å². The molecule has 0 spiro atoms. The van der Waals surface area contributed by atoms with E-state index in [9.17, 15) is 14.7 Å². The number of allylic oxidation sites excluding steroid dienone is 16. The summed E-state index contributed by atoms with van der Waals surface area (Å²) in [4.78, 5) is 24.7. The fourth-order valence-electron chi connectivity index (χ4n) is 11.3. The second-order valence-corrected chi connectivity index (χ2v) is 25.4. The third kappa shape index (κ3) is 73.3. The molecule has 1 unspecified atom stereocenters. The van der Waals surface area contributed by atoms with Gasteiger partial charge in [-0.15, -0.1) is 0 Å². The fourth-order valence-corrected chi connectivity index (χ4v) is 11.3. The Morgan fingerprint density at radius 1 is 0.279 bits per heavy atom. The van der Waals surface area contributed by atoms with Crippen molar-refractivity contribution >= 4 is 11.9 Å². The van der Waals surface area contributed by atoms with Gasteiger partial charge >= 0.3 is 11.9 Å². The van der Waals surface area contributed by atoms with Crippen molar-refractivity contribution in [3.63, 3.8) is 0 Å². The predicted molar refractivity (Wildman–Crippen MR) is 380 cm³/mol. The number of hydrogen-bond donors (Lipinski definition) is 1. The fraction of sp³-hybridized carbons (Fsp3) is 0.778. The number of esters is 2. The van der Waals surface area contributed by atoms with E-state index in [0.717, 1.165) is 96.3 Å². The number of hydrogen-bond acceptors (Lipinski definition) is 5. The molecule has 5 nitrogen and oxygen atoms in total. The predicted octanol–water partition coefficient (Wildman–Crippen LogP) is 26.5. The maximum absolute atomic E-state index is 12.4. The highest BCUT2D eigenvalue weighted by Crippen LogP contribution is 2.19. The standard InChI is InChI=1S/C81H144O5/c1-3-5-7-9-11-13-15-17-19-21-23-25-27-29-31-33-35-37-38-39-40-41-42-44-45-47-49-51-53-55-57-59-61-63-65-67-69-71-73-75-80(83)85-78-79(77-82)86-81(84)76-74-72-70-68-66-64-62-60-58-56-54-52-50-48-46-43-36-34-32-30-28-26-24-22-20-18-16-14-12-10-8-6-4-2/h6,8,12,14,18,20,24,26,30,32,36,43,48,50,54,56,79,82H,3-5,7,9-11,13,15-17,19,21-23,25,27-29,31,33-35,37-42,44-47,49,51-53,55,57-78H2,1-2H3/b8-6-,14-12-,20-18-,26-24-,32-30-,43-36-,50-48-,56-54-. The number of carbonyl (C=O) groups excluding carboxylic acids is 2. The average molecular weight is 1200 g/mol. The van der Waals surface area contributed by atoms with Crippen LogP contribution >= 0.6 is 0 Å². The van der Waals surface area contributed by atoms with Gasteiger partial charge in [0.25, 0.3) is 0 Å². The Balaban J connectivity index is 3.44. The van der Waals surface area contributed by atoms with Gasteiger partial charge in [-0.1, -0.05) is 394 Å². The second-order valence-electron chi connectivity index (χ2n) is 25.4. The summed E-state index contributed by atoms with van der Waals surface area (Å²) in [5, 5.41) is 9.71. The van der Waals surface area contributed by atoms with Gasteiger partial charge < -0.3 is 14.6 Å². The maximum Gasteiger partial charge on any atom is 0.306 e. The lowest BCUT2D eigenvalue weighted by atomic mass is 10.0. The number of ether oxygens (including phenoxy) is 2. The normalized spacial score (nSPS) is 12.7. The molecular formula is C81H144O5.